The van der Waals surface area contributed by atoms with E-state index >= 15 is 0 Å². The topological polar surface area (TPSA) is 44.4 Å². The number of hydrogen-bond donors (Lipinski definition) is 2. The van der Waals surface area contributed by atoms with E-state index in [1.807, 2.05) is 0 Å². The molecule has 1 amide bonds. The highest BCUT2D eigenvalue weighted by atomic mass is 16.2. The molecule has 3 atom stereocenters. The highest BCUT2D eigenvalue weighted by Gasteiger charge is 2.37. The van der Waals surface area contributed by atoms with Gasteiger partial charge in [-0.25, -0.2) is 0 Å². The first-order valence-corrected chi connectivity index (χ1v) is 9.48. The molecule has 4 heteroatoms. The number of carbonyl (C=O) groups is 1. The van der Waals surface area contributed by atoms with Crippen LogP contribution in [-0.2, 0) is 4.79 Å². The SMILES string of the molecule is CC1CCN(CCCNC(=O)C2CC3CCCCC3N2)CC1. The van der Waals surface area contributed by atoms with E-state index in [-0.39, 0.29) is 11.9 Å². The summed E-state index contributed by atoms with van der Waals surface area (Å²) in [6.07, 6.45) is 10.1. The second-order valence-corrected chi connectivity index (χ2v) is 7.77. The number of piperidine rings is 1. The summed E-state index contributed by atoms with van der Waals surface area (Å²) >= 11 is 0. The first-order chi connectivity index (χ1) is 10.7. The number of nitrogens with one attached hydrogen (secondary N) is 2. The molecule has 3 unspecified atom stereocenters. The minimum Gasteiger partial charge on any atom is -0.355 e. The van der Waals surface area contributed by atoms with Gasteiger partial charge in [-0.15, -0.1) is 0 Å². The molecule has 0 aromatic heterocycles. The van der Waals surface area contributed by atoms with E-state index < -0.39 is 0 Å². The van der Waals surface area contributed by atoms with Crippen LogP contribution in [0.2, 0.25) is 0 Å². The van der Waals surface area contributed by atoms with Crippen LogP contribution in [0, 0.1) is 11.8 Å². The molecule has 0 radical (unpaired) electrons. The van der Waals surface area contributed by atoms with Crippen molar-refractivity contribution >= 4 is 5.91 Å². The van der Waals surface area contributed by atoms with Gasteiger partial charge in [0.15, 0.2) is 0 Å². The molecular weight excluding hydrogens is 274 g/mol. The fourth-order valence-electron chi connectivity index (χ4n) is 4.44. The lowest BCUT2D eigenvalue weighted by Crippen LogP contribution is -2.44. The maximum absolute atomic E-state index is 12.3. The predicted molar refractivity (Wildman–Crippen MR) is 89.8 cm³/mol. The Bertz CT molecular complexity index is 351. The molecule has 3 rings (SSSR count). The lowest BCUT2D eigenvalue weighted by molar-refractivity contribution is -0.122. The third-order valence-electron chi connectivity index (χ3n) is 6.01. The summed E-state index contributed by atoms with van der Waals surface area (Å²) in [5.74, 6) is 1.88. The maximum Gasteiger partial charge on any atom is 0.237 e. The fourth-order valence-corrected chi connectivity index (χ4v) is 4.44. The van der Waals surface area contributed by atoms with Gasteiger partial charge in [0.25, 0.3) is 0 Å². The van der Waals surface area contributed by atoms with Gasteiger partial charge in [0.1, 0.15) is 0 Å². The lowest BCUT2D eigenvalue weighted by atomic mass is 9.85. The van der Waals surface area contributed by atoms with Crippen molar-refractivity contribution in [1.82, 2.24) is 15.5 Å². The van der Waals surface area contributed by atoms with Crippen molar-refractivity contribution in [1.29, 1.82) is 0 Å². The van der Waals surface area contributed by atoms with Crippen LogP contribution in [0.5, 0.6) is 0 Å². The van der Waals surface area contributed by atoms with Crippen LogP contribution in [0.4, 0.5) is 0 Å². The van der Waals surface area contributed by atoms with Gasteiger partial charge in [0.05, 0.1) is 6.04 Å². The van der Waals surface area contributed by atoms with Crippen LogP contribution >= 0.6 is 0 Å². The number of amides is 1. The number of rotatable bonds is 5. The Morgan fingerprint density at radius 3 is 2.73 bits per heavy atom. The number of carbonyl (C=O) groups excluding carboxylic acids is 1. The van der Waals surface area contributed by atoms with Gasteiger partial charge in [0, 0.05) is 12.6 Å². The molecule has 22 heavy (non-hydrogen) atoms. The standard InChI is InChI=1S/C18H33N3O/c1-14-7-11-21(12-8-14)10-4-9-19-18(22)17-13-15-5-2-3-6-16(15)20-17/h14-17,20H,2-13H2,1H3,(H,19,22). The van der Waals surface area contributed by atoms with E-state index in [2.05, 4.69) is 22.5 Å². The van der Waals surface area contributed by atoms with Crippen molar-refractivity contribution in [2.24, 2.45) is 11.8 Å². The molecule has 2 heterocycles. The van der Waals surface area contributed by atoms with E-state index in [4.69, 9.17) is 0 Å². The molecule has 4 nitrogen and oxygen atoms in total. The minimum atomic E-state index is 0.0731. The molecule has 126 valence electrons. The molecule has 2 aliphatic heterocycles. The third-order valence-corrected chi connectivity index (χ3v) is 6.01. The first-order valence-electron chi connectivity index (χ1n) is 9.48. The maximum atomic E-state index is 12.3. The highest BCUT2D eigenvalue weighted by molar-refractivity contribution is 5.82. The van der Waals surface area contributed by atoms with E-state index in [0.717, 1.165) is 37.8 Å². The zero-order valence-electron chi connectivity index (χ0n) is 14.2. The quantitative estimate of drug-likeness (QED) is 0.765. The normalized spacial score (nSPS) is 33.6. The molecular formula is C18H33N3O. The molecule has 3 aliphatic rings. The summed E-state index contributed by atoms with van der Waals surface area (Å²) in [5, 5.41) is 6.72. The first kappa shape index (κ1) is 16.3. The average molecular weight is 307 g/mol. The number of likely N-dealkylation sites (tertiary alicyclic amines) is 1. The van der Waals surface area contributed by atoms with Crippen LogP contribution in [0.1, 0.15) is 58.3 Å². The average Bonchev–Trinajstić information content (AvgIpc) is 2.97. The lowest BCUT2D eigenvalue weighted by Gasteiger charge is -2.30. The molecule has 0 aromatic rings. The minimum absolute atomic E-state index is 0.0731. The molecule has 1 saturated carbocycles. The number of hydrogen-bond acceptors (Lipinski definition) is 3. The second kappa shape index (κ2) is 7.78. The van der Waals surface area contributed by atoms with Crippen molar-refractivity contribution in [3.8, 4) is 0 Å². The van der Waals surface area contributed by atoms with Gasteiger partial charge in [-0.2, -0.15) is 0 Å². The Balaban J connectivity index is 1.30. The van der Waals surface area contributed by atoms with Gasteiger partial charge in [-0.1, -0.05) is 19.8 Å². The molecule has 2 N–H and O–H groups in total. The molecule has 0 aromatic carbocycles. The van der Waals surface area contributed by atoms with Crippen molar-refractivity contribution < 1.29 is 4.79 Å². The molecule has 0 spiro atoms. The monoisotopic (exact) mass is 307 g/mol. The van der Waals surface area contributed by atoms with Crippen molar-refractivity contribution in [2.75, 3.05) is 26.2 Å². The van der Waals surface area contributed by atoms with E-state index in [1.54, 1.807) is 0 Å². The molecule has 0 bridgehead atoms. The number of fused-ring (bicyclic) bond motifs is 1. The summed E-state index contributed by atoms with van der Waals surface area (Å²) < 4.78 is 0. The van der Waals surface area contributed by atoms with E-state index in [0.29, 0.717) is 6.04 Å². The Kier molecular flexibility index (Phi) is 5.75. The van der Waals surface area contributed by atoms with Crippen molar-refractivity contribution in [3.05, 3.63) is 0 Å². The Labute approximate surface area is 135 Å². The molecule has 1 aliphatic carbocycles. The zero-order valence-corrected chi connectivity index (χ0v) is 14.2. The van der Waals surface area contributed by atoms with Crippen LogP contribution in [-0.4, -0.2) is 49.1 Å². The van der Waals surface area contributed by atoms with Gasteiger partial charge >= 0.3 is 0 Å². The van der Waals surface area contributed by atoms with E-state index in [9.17, 15) is 4.79 Å². The summed E-state index contributed by atoms with van der Waals surface area (Å²) in [6.45, 7) is 6.80. The van der Waals surface area contributed by atoms with Gasteiger partial charge < -0.3 is 15.5 Å². The second-order valence-electron chi connectivity index (χ2n) is 7.77. The highest BCUT2D eigenvalue weighted by Crippen LogP contribution is 2.33. The summed E-state index contributed by atoms with van der Waals surface area (Å²) in [6, 6.07) is 0.684. The molecule has 2 saturated heterocycles. The number of nitrogens with zero attached hydrogens (tertiary/aromatic N) is 1. The summed E-state index contributed by atoms with van der Waals surface area (Å²) in [5.41, 5.74) is 0. The fraction of sp³-hybridized carbons (Fsp3) is 0.944. The largest absolute Gasteiger partial charge is 0.355 e. The van der Waals surface area contributed by atoms with Gasteiger partial charge in [-0.3, -0.25) is 4.79 Å². The predicted octanol–water partition coefficient (Wildman–Crippen LogP) is 2.15. The van der Waals surface area contributed by atoms with Crippen molar-refractivity contribution in [3.63, 3.8) is 0 Å². The third kappa shape index (κ3) is 4.23. The zero-order chi connectivity index (χ0) is 15.4. The van der Waals surface area contributed by atoms with Crippen LogP contribution in [0.15, 0.2) is 0 Å². The Morgan fingerprint density at radius 1 is 1.18 bits per heavy atom. The smallest absolute Gasteiger partial charge is 0.237 e. The summed E-state index contributed by atoms with van der Waals surface area (Å²) in [4.78, 5) is 14.8. The van der Waals surface area contributed by atoms with Crippen LogP contribution in [0.25, 0.3) is 0 Å². The van der Waals surface area contributed by atoms with Crippen molar-refractivity contribution in [2.45, 2.75) is 70.4 Å². The Hall–Kier alpha value is -0.610. The summed E-state index contributed by atoms with van der Waals surface area (Å²) in [7, 11) is 0. The molecule has 3 fully saturated rings. The van der Waals surface area contributed by atoms with Crippen LogP contribution in [0.3, 0.4) is 0 Å². The Morgan fingerprint density at radius 2 is 1.95 bits per heavy atom. The van der Waals surface area contributed by atoms with E-state index in [1.165, 1.54) is 51.6 Å². The van der Waals surface area contributed by atoms with Gasteiger partial charge in [0.2, 0.25) is 5.91 Å². The van der Waals surface area contributed by atoms with Crippen LogP contribution < -0.4 is 10.6 Å². The van der Waals surface area contributed by atoms with Gasteiger partial charge in [-0.05, 0) is 70.0 Å².